The number of hydrogen-bond acceptors (Lipinski definition) is 2. The smallest absolute Gasteiger partial charge is 0.00955 e. The monoisotopic (exact) mass is 196 g/mol. The Balaban J connectivity index is 1.61. The quantitative estimate of drug-likeness (QED) is 0.745. The first-order valence-electron chi connectivity index (χ1n) is 6.34. The third-order valence-corrected chi connectivity index (χ3v) is 3.89. The van der Waals surface area contributed by atoms with Crippen molar-refractivity contribution in [3.8, 4) is 0 Å². The van der Waals surface area contributed by atoms with Crippen LogP contribution in [0.1, 0.15) is 44.9 Å². The van der Waals surface area contributed by atoms with Crippen LogP contribution in [0.15, 0.2) is 0 Å². The third-order valence-electron chi connectivity index (χ3n) is 3.89. The number of hydrogen-bond donors (Lipinski definition) is 1. The van der Waals surface area contributed by atoms with Crippen LogP contribution in [0.3, 0.4) is 0 Å². The summed E-state index contributed by atoms with van der Waals surface area (Å²) in [5.41, 5.74) is 5.52. The van der Waals surface area contributed by atoms with Gasteiger partial charge in [-0.2, -0.15) is 0 Å². The molecule has 1 saturated carbocycles. The largest absolute Gasteiger partial charge is 0.330 e. The molecule has 2 rings (SSSR count). The van der Waals surface area contributed by atoms with E-state index >= 15 is 0 Å². The molecule has 1 saturated heterocycles. The number of nitrogens with two attached hydrogens (primary N) is 1. The Hall–Kier alpha value is -0.0800. The molecule has 0 radical (unpaired) electrons. The minimum absolute atomic E-state index is 0.875. The van der Waals surface area contributed by atoms with E-state index in [2.05, 4.69) is 4.90 Å². The molecule has 1 aliphatic heterocycles. The molecular formula is C12H24N2. The zero-order valence-corrected chi connectivity index (χ0v) is 9.25. The van der Waals surface area contributed by atoms with E-state index in [1.807, 2.05) is 0 Å². The van der Waals surface area contributed by atoms with E-state index in [9.17, 15) is 0 Å². The molecule has 2 heteroatoms. The molecule has 0 aromatic rings. The molecule has 14 heavy (non-hydrogen) atoms. The third kappa shape index (κ3) is 2.48. The molecule has 1 heterocycles. The Kier molecular flexibility index (Phi) is 3.82. The molecule has 2 nitrogen and oxygen atoms in total. The van der Waals surface area contributed by atoms with Gasteiger partial charge in [0.15, 0.2) is 0 Å². The summed E-state index contributed by atoms with van der Waals surface area (Å²) in [6, 6.07) is 0.942. The van der Waals surface area contributed by atoms with Gasteiger partial charge in [-0.15, -0.1) is 0 Å². The fourth-order valence-corrected chi connectivity index (χ4v) is 2.94. The summed E-state index contributed by atoms with van der Waals surface area (Å²) in [6.45, 7) is 3.61. The van der Waals surface area contributed by atoms with Crippen LogP contribution in [0.4, 0.5) is 0 Å². The van der Waals surface area contributed by atoms with Crippen LogP contribution in [-0.4, -0.2) is 30.6 Å². The Morgan fingerprint density at radius 2 is 1.79 bits per heavy atom. The van der Waals surface area contributed by atoms with Crippen molar-refractivity contribution >= 4 is 0 Å². The summed E-state index contributed by atoms with van der Waals surface area (Å²) in [6.07, 6.45) is 9.92. The van der Waals surface area contributed by atoms with Crippen LogP contribution < -0.4 is 5.73 Å². The molecule has 0 atom stereocenters. The lowest BCUT2D eigenvalue weighted by molar-refractivity contribution is 0.0308. The first kappa shape index (κ1) is 10.4. The molecule has 0 aromatic heterocycles. The van der Waals surface area contributed by atoms with Gasteiger partial charge < -0.3 is 5.73 Å². The predicted molar refractivity (Wildman–Crippen MR) is 60.2 cm³/mol. The highest BCUT2D eigenvalue weighted by atomic mass is 15.2. The van der Waals surface area contributed by atoms with Gasteiger partial charge in [0.05, 0.1) is 0 Å². The van der Waals surface area contributed by atoms with E-state index in [0.717, 1.165) is 18.5 Å². The van der Waals surface area contributed by atoms with Crippen molar-refractivity contribution in [3.63, 3.8) is 0 Å². The highest BCUT2D eigenvalue weighted by Crippen LogP contribution is 2.29. The van der Waals surface area contributed by atoms with Crippen molar-refractivity contribution in [1.82, 2.24) is 4.90 Å². The van der Waals surface area contributed by atoms with Gasteiger partial charge in [-0.05, 0) is 38.1 Å². The second-order valence-electron chi connectivity index (χ2n) is 5.04. The molecule has 2 aliphatic rings. The maximum atomic E-state index is 5.52. The first-order chi connectivity index (χ1) is 6.90. The van der Waals surface area contributed by atoms with Crippen LogP contribution in [0, 0.1) is 5.92 Å². The van der Waals surface area contributed by atoms with E-state index in [1.54, 1.807) is 0 Å². The van der Waals surface area contributed by atoms with Gasteiger partial charge in [0.1, 0.15) is 0 Å². The van der Waals surface area contributed by atoms with Gasteiger partial charge in [0.25, 0.3) is 0 Å². The highest BCUT2D eigenvalue weighted by Gasteiger charge is 2.31. The van der Waals surface area contributed by atoms with Crippen molar-refractivity contribution in [2.24, 2.45) is 11.7 Å². The number of nitrogens with zero attached hydrogens (tertiary/aromatic N) is 1. The zero-order valence-electron chi connectivity index (χ0n) is 9.25. The van der Waals surface area contributed by atoms with Gasteiger partial charge in [-0.25, -0.2) is 0 Å². The average molecular weight is 196 g/mol. The highest BCUT2D eigenvalue weighted by molar-refractivity contribution is 4.86. The van der Waals surface area contributed by atoms with E-state index in [1.165, 1.54) is 58.0 Å². The lowest BCUT2D eigenvalue weighted by Crippen LogP contribution is -2.52. The zero-order chi connectivity index (χ0) is 9.80. The summed E-state index contributed by atoms with van der Waals surface area (Å²) >= 11 is 0. The lowest BCUT2D eigenvalue weighted by atomic mass is 9.87. The molecule has 0 amide bonds. The molecular weight excluding hydrogens is 172 g/mol. The van der Waals surface area contributed by atoms with Crippen molar-refractivity contribution in [2.75, 3.05) is 19.6 Å². The van der Waals surface area contributed by atoms with E-state index in [-0.39, 0.29) is 0 Å². The normalized spacial score (nSPS) is 26.4. The fourth-order valence-electron chi connectivity index (χ4n) is 2.94. The maximum Gasteiger partial charge on any atom is 0.00955 e. The molecule has 2 N–H and O–H groups in total. The minimum atomic E-state index is 0.875. The number of likely N-dealkylation sites (tertiary alicyclic amines) is 1. The van der Waals surface area contributed by atoms with Crippen LogP contribution in [0.2, 0.25) is 0 Å². The van der Waals surface area contributed by atoms with Crippen molar-refractivity contribution < 1.29 is 0 Å². The number of rotatable bonds is 4. The molecule has 82 valence electrons. The summed E-state index contributed by atoms with van der Waals surface area (Å²) < 4.78 is 0. The average Bonchev–Trinajstić information content (AvgIpc) is 2.17. The predicted octanol–water partition coefficient (Wildman–Crippen LogP) is 1.99. The van der Waals surface area contributed by atoms with Crippen LogP contribution >= 0.6 is 0 Å². The summed E-state index contributed by atoms with van der Waals surface area (Å²) in [5.74, 6) is 0.973. The Bertz CT molecular complexity index is 158. The lowest BCUT2D eigenvalue weighted by Gasteiger charge is -2.46. The standard InChI is InChI=1S/C12H24N2/c13-8-4-5-11-9-14(10-11)12-6-2-1-3-7-12/h11-12H,1-10,13H2. The van der Waals surface area contributed by atoms with Gasteiger partial charge >= 0.3 is 0 Å². The molecule has 0 bridgehead atoms. The van der Waals surface area contributed by atoms with Gasteiger partial charge in [0, 0.05) is 19.1 Å². The molecule has 2 fully saturated rings. The summed E-state index contributed by atoms with van der Waals surface area (Å²) in [7, 11) is 0. The van der Waals surface area contributed by atoms with Gasteiger partial charge in [-0.3, -0.25) is 4.90 Å². The van der Waals surface area contributed by atoms with Gasteiger partial charge in [0.2, 0.25) is 0 Å². The van der Waals surface area contributed by atoms with E-state index in [0.29, 0.717) is 0 Å². The summed E-state index contributed by atoms with van der Waals surface area (Å²) in [4.78, 5) is 2.71. The topological polar surface area (TPSA) is 29.3 Å². The Labute approximate surface area is 87.8 Å². The maximum absolute atomic E-state index is 5.52. The van der Waals surface area contributed by atoms with E-state index < -0.39 is 0 Å². The minimum Gasteiger partial charge on any atom is -0.330 e. The fraction of sp³-hybridized carbons (Fsp3) is 1.00. The SMILES string of the molecule is NCCCC1CN(C2CCCCC2)C1. The van der Waals surface area contributed by atoms with Crippen molar-refractivity contribution in [2.45, 2.75) is 51.0 Å². The van der Waals surface area contributed by atoms with Crippen LogP contribution in [0.25, 0.3) is 0 Å². The summed E-state index contributed by atoms with van der Waals surface area (Å²) in [5, 5.41) is 0. The van der Waals surface area contributed by atoms with Crippen LogP contribution in [0.5, 0.6) is 0 Å². The van der Waals surface area contributed by atoms with Crippen LogP contribution in [-0.2, 0) is 0 Å². The van der Waals surface area contributed by atoms with Gasteiger partial charge in [-0.1, -0.05) is 19.3 Å². The van der Waals surface area contributed by atoms with Crippen molar-refractivity contribution in [3.05, 3.63) is 0 Å². The van der Waals surface area contributed by atoms with E-state index in [4.69, 9.17) is 5.73 Å². The second-order valence-corrected chi connectivity index (χ2v) is 5.04. The molecule has 0 unspecified atom stereocenters. The Morgan fingerprint density at radius 3 is 2.43 bits per heavy atom. The van der Waals surface area contributed by atoms with Crippen molar-refractivity contribution in [1.29, 1.82) is 0 Å². The molecule has 1 aliphatic carbocycles. The Morgan fingerprint density at radius 1 is 1.07 bits per heavy atom. The second kappa shape index (κ2) is 5.13. The first-order valence-corrected chi connectivity index (χ1v) is 6.34. The molecule has 0 spiro atoms. The molecule has 0 aromatic carbocycles.